The number of nitrogens with zero attached hydrogens (tertiary/aromatic N) is 5. The van der Waals surface area contributed by atoms with Gasteiger partial charge in [0.1, 0.15) is 0 Å². The molecule has 1 fully saturated rings. The number of carbonyl (C=O) groups excluding carboxylic acids is 3. The van der Waals surface area contributed by atoms with E-state index < -0.39 is 0 Å². The van der Waals surface area contributed by atoms with Crippen molar-refractivity contribution in [3.05, 3.63) is 53.3 Å². The molecule has 0 N–H and O–H groups in total. The predicted octanol–water partition coefficient (Wildman–Crippen LogP) is 0.665. The Morgan fingerprint density at radius 3 is 2.31 bits per heavy atom. The molecule has 0 bridgehead atoms. The lowest BCUT2D eigenvalue weighted by Crippen LogP contribution is -2.49. The van der Waals surface area contributed by atoms with E-state index in [1.165, 1.54) is 13.1 Å². The Morgan fingerprint density at radius 1 is 0.962 bits per heavy atom. The third kappa shape index (κ3) is 2.59. The fourth-order valence-corrected chi connectivity index (χ4v) is 3.24. The number of aromatic nitrogens is 2. The molecular weight excluding hydrogens is 334 g/mol. The minimum atomic E-state index is -0.370. The van der Waals surface area contributed by atoms with Crippen LogP contribution in [0, 0.1) is 0 Å². The zero-order valence-corrected chi connectivity index (χ0v) is 14.3. The Morgan fingerprint density at radius 2 is 1.62 bits per heavy atom. The van der Waals surface area contributed by atoms with Crippen LogP contribution in [0.2, 0.25) is 0 Å². The van der Waals surface area contributed by atoms with Crippen molar-refractivity contribution >= 4 is 23.7 Å². The van der Waals surface area contributed by atoms with Crippen LogP contribution in [0.15, 0.2) is 36.7 Å². The van der Waals surface area contributed by atoms with Crippen LogP contribution >= 0.6 is 0 Å². The summed E-state index contributed by atoms with van der Waals surface area (Å²) >= 11 is 0. The fourth-order valence-electron chi connectivity index (χ4n) is 3.24. The molecule has 2 aliphatic heterocycles. The molecule has 3 amide bonds. The number of benzene rings is 1. The second kappa shape index (κ2) is 6.21. The van der Waals surface area contributed by atoms with Crippen LogP contribution in [0.5, 0.6) is 0 Å². The van der Waals surface area contributed by atoms with Crippen molar-refractivity contribution in [2.75, 3.05) is 38.1 Å². The summed E-state index contributed by atoms with van der Waals surface area (Å²) in [6.07, 6.45) is 3.39. The maximum atomic E-state index is 12.8. The van der Waals surface area contributed by atoms with E-state index in [0.717, 1.165) is 4.90 Å². The van der Waals surface area contributed by atoms with Gasteiger partial charge in [-0.3, -0.25) is 19.3 Å². The lowest BCUT2D eigenvalue weighted by Gasteiger charge is -2.34. The van der Waals surface area contributed by atoms with E-state index in [1.54, 1.807) is 35.5 Å². The van der Waals surface area contributed by atoms with E-state index in [9.17, 15) is 14.4 Å². The highest BCUT2D eigenvalue weighted by molar-refractivity contribution is 6.21. The van der Waals surface area contributed by atoms with Crippen LogP contribution < -0.4 is 4.90 Å². The monoisotopic (exact) mass is 351 g/mol. The second-order valence-corrected chi connectivity index (χ2v) is 6.26. The molecule has 8 heteroatoms. The smallest absolute Gasteiger partial charge is 0.261 e. The van der Waals surface area contributed by atoms with E-state index in [2.05, 4.69) is 9.97 Å². The number of imide groups is 1. The maximum Gasteiger partial charge on any atom is 0.261 e. The fraction of sp³-hybridized carbons (Fsp3) is 0.278. The summed E-state index contributed by atoms with van der Waals surface area (Å²) < 4.78 is 0. The first-order chi connectivity index (χ1) is 12.6. The number of fused-ring (bicyclic) bond motifs is 1. The van der Waals surface area contributed by atoms with Crippen LogP contribution in [-0.2, 0) is 0 Å². The van der Waals surface area contributed by atoms with Gasteiger partial charge in [-0.2, -0.15) is 0 Å². The van der Waals surface area contributed by atoms with Crippen molar-refractivity contribution in [2.24, 2.45) is 0 Å². The van der Waals surface area contributed by atoms with Gasteiger partial charge in [0.15, 0.2) is 0 Å². The van der Waals surface area contributed by atoms with Crippen molar-refractivity contribution in [3.8, 4) is 0 Å². The van der Waals surface area contributed by atoms with Crippen LogP contribution in [0.3, 0.4) is 0 Å². The maximum absolute atomic E-state index is 12.8. The van der Waals surface area contributed by atoms with Gasteiger partial charge in [0.25, 0.3) is 17.7 Å². The molecule has 26 heavy (non-hydrogen) atoms. The Kier molecular flexibility index (Phi) is 3.87. The number of hydrogen-bond donors (Lipinski definition) is 0. The molecule has 2 aliphatic rings. The van der Waals surface area contributed by atoms with Gasteiger partial charge < -0.3 is 9.80 Å². The van der Waals surface area contributed by atoms with Crippen molar-refractivity contribution in [2.45, 2.75) is 0 Å². The van der Waals surface area contributed by atoms with E-state index in [1.807, 2.05) is 4.90 Å². The van der Waals surface area contributed by atoms with Gasteiger partial charge in [0.05, 0.1) is 11.1 Å². The van der Waals surface area contributed by atoms with Gasteiger partial charge in [-0.1, -0.05) is 0 Å². The summed E-state index contributed by atoms with van der Waals surface area (Å²) in [5, 5.41) is 0. The molecule has 0 atom stereocenters. The number of amides is 3. The van der Waals surface area contributed by atoms with E-state index in [0.29, 0.717) is 48.8 Å². The number of anilines is 1. The number of rotatable bonds is 2. The van der Waals surface area contributed by atoms with Gasteiger partial charge in [0, 0.05) is 51.2 Å². The number of piperazine rings is 1. The van der Waals surface area contributed by atoms with Crippen molar-refractivity contribution in [1.82, 2.24) is 19.8 Å². The number of hydrogen-bond acceptors (Lipinski definition) is 6. The molecule has 0 radical (unpaired) electrons. The average Bonchev–Trinajstić information content (AvgIpc) is 2.92. The average molecular weight is 351 g/mol. The molecule has 4 rings (SSSR count). The minimum absolute atomic E-state index is 0.142. The van der Waals surface area contributed by atoms with Crippen LogP contribution in [0.1, 0.15) is 31.1 Å². The van der Waals surface area contributed by atoms with Crippen molar-refractivity contribution < 1.29 is 14.4 Å². The Bertz CT molecular complexity index is 891. The molecule has 1 saturated heterocycles. The third-order valence-corrected chi connectivity index (χ3v) is 4.74. The molecule has 0 aliphatic carbocycles. The van der Waals surface area contributed by atoms with Gasteiger partial charge in [0.2, 0.25) is 5.95 Å². The standard InChI is InChI=1S/C18H17N5O3/c1-21-16(25)13-4-3-12(11-14(13)17(21)26)15(24)22-7-9-23(10-8-22)18-19-5-2-6-20-18/h2-6,11H,7-10H2,1H3. The van der Waals surface area contributed by atoms with Crippen LogP contribution in [-0.4, -0.2) is 70.7 Å². The molecule has 132 valence electrons. The van der Waals surface area contributed by atoms with Gasteiger partial charge in [-0.25, -0.2) is 9.97 Å². The SMILES string of the molecule is CN1C(=O)c2ccc(C(=O)N3CCN(c4ncccn4)CC3)cc2C1=O. The third-order valence-electron chi connectivity index (χ3n) is 4.74. The predicted molar refractivity (Wildman–Crippen MR) is 93.0 cm³/mol. The zero-order valence-electron chi connectivity index (χ0n) is 14.3. The van der Waals surface area contributed by atoms with Gasteiger partial charge in [-0.05, 0) is 24.3 Å². The first kappa shape index (κ1) is 16.2. The normalized spacial score (nSPS) is 16.9. The Hall–Kier alpha value is -3.29. The first-order valence-electron chi connectivity index (χ1n) is 8.34. The molecule has 0 spiro atoms. The highest BCUT2D eigenvalue weighted by atomic mass is 16.2. The zero-order chi connectivity index (χ0) is 18.3. The summed E-state index contributed by atoms with van der Waals surface area (Å²) in [5.74, 6) is -0.188. The van der Waals surface area contributed by atoms with Gasteiger partial charge >= 0.3 is 0 Å². The Balaban J connectivity index is 1.48. The van der Waals surface area contributed by atoms with Crippen LogP contribution in [0.25, 0.3) is 0 Å². The molecular formula is C18H17N5O3. The summed E-state index contributed by atoms with van der Waals surface area (Å²) in [5.41, 5.74) is 1.06. The molecule has 1 aromatic heterocycles. The van der Waals surface area contributed by atoms with E-state index in [4.69, 9.17) is 0 Å². The van der Waals surface area contributed by atoms with Gasteiger partial charge in [-0.15, -0.1) is 0 Å². The highest BCUT2D eigenvalue weighted by Gasteiger charge is 2.34. The molecule has 2 aromatic rings. The minimum Gasteiger partial charge on any atom is -0.337 e. The topological polar surface area (TPSA) is 86.7 Å². The summed E-state index contributed by atoms with van der Waals surface area (Å²) in [6.45, 7) is 2.36. The second-order valence-electron chi connectivity index (χ2n) is 6.26. The summed E-state index contributed by atoms with van der Waals surface area (Å²) in [4.78, 5) is 50.1. The van der Waals surface area contributed by atoms with E-state index >= 15 is 0 Å². The molecule has 0 unspecified atom stereocenters. The van der Waals surface area contributed by atoms with Crippen molar-refractivity contribution in [1.29, 1.82) is 0 Å². The lowest BCUT2D eigenvalue weighted by atomic mass is 10.0. The summed E-state index contributed by atoms with van der Waals surface area (Å²) in [6, 6.07) is 6.45. The molecule has 3 heterocycles. The largest absolute Gasteiger partial charge is 0.337 e. The highest BCUT2D eigenvalue weighted by Crippen LogP contribution is 2.23. The molecule has 1 aromatic carbocycles. The van der Waals surface area contributed by atoms with E-state index in [-0.39, 0.29) is 17.7 Å². The van der Waals surface area contributed by atoms with Crippen molar-refractivity contribution in [3.63, 3.8) is 0 Å². The molecule has 8 nitrogen and oxygen atoms in total. The number of carbonyl (C=O) groups is 3. The first-order valence-corrected chi connectivity index (χ1v) is 8.34. The Labute approximate surface area is 150 Å². The molecule has 0 saturated carbocycles. The lowest BCUT2D eigenvalue weighted by molar-refractivity contribution is 0.0692. The summed E-state index contributed by atoms with van der Waals surface area (Å²) in [7, 11) is 1.44. The van der Waals surface area contributed by atoms with Crippen LogP contribution in [0.4, 0.5) is 5.95 Å². The quantitative estimate of drug-likeness (QED) is 0.739.